The molecular weight excluding hydrogens is 170 g/mol. The van der Waals surface area contributed by atoms with E-state index in [2.05, 4.69) is 0 Å². The lowest BCUT2D eigenvalue weighted by atomic mass is 10.1. The Morgan fingerprint density at radius 1 is 1.46 bits per heavy atom. The fourth-order valence-electron chi connectivity index (χ4n) is 1.49. The van der Waals surface area contributed by atoms with Crippen LogP contribution < -0.4 is 5.11 Å². The van der Waals surface area contributed by atoms with E-state index in [1.165, 1.54) is 12.1 Å². The summed E-state index contributed by atoms with van der Waals surface area (Å²) in [6.45, 7) is 0. The minimum atomic E-state index is -0.730. The van der Waals surface area contributed by atoms with Crippen LogP contribution in [0.5, 0.6) is 11.5 Å². The maximum absolute atomic E-state index is 11.1. The summed E-state index contributed by atoms with van der Waals surface area (Å²) in [7, 11) is 1.74. The van der Waals surface area contributed by atoms with Crippen molar-refractivity contribution in [3.8, 4) is 11.5 Å². The molecule has 0 bridgehead atoms. The zero-order valence-electron chi connectivity index (χ0n) is 7.06. The summed E-state index contributed by atoms with van der Waals surface area (Å²) in [5.41, 5.74) is 1.22. The first kappa shape index (κ1) is 8.07. The number of hydrogen-bond donors (Lipinski definition) is 2. The molecule has 13 heavy (non-hydrogen) atoms. The molecule has 1 aromatic rings. The first-order valence-electron chi connectivity index (χ1n) is 3.89. The number of nitrogens with zero attached hydrogens (tertiary/aromatic N) is 1. The van der Waals surface area contributed by atoms with Gasteiger partial charge in [-0.1, -0.05) is 5.75 Å². The Bertz CT molecular complexity index is 398. The van der Waals surface area contributed by atoms with Crippen molar-refractivity contribution < 1.29 is 19.9 Å². The molecule has 1 heterocycles. The summed E-state index contributed by atoms with van der Waals surface area (Å²) in [6, 6.07) is 2.62. The van der Waals surface area contributed by atoms with Crippen LogP contribution in [0, 0.1) is 0 Å². The van der Waals surface area contributed by atoms with Crippen molar-refractivity contribution in [1.82, 2.24) is 0 Å². The van der Waals surface area contributed by atoms with Gasteiger partial charge in [0.25, 0.3) is 0 Å². The second-order valence-electron chi connectivity index (χ2n) is 3.08. The molecule has 0 amide bonds. The van der Waals surface area contributed by atoms with Crippen molar-refractivity contribution in [3.05, 3.63) is 17.7 Å². The quantitative estimate of drug-likeness (QED) is 0.544. The van der Waals surface area contributed by atoms with Gasteiger partial charge in [-0.25, -0.2) is 4.58 Å². The Labute approximate surface area is 75.0 Å². The van der Waals surface area contributed by atoms with E-state index < -0.39 is 11.9 Å². The first-order chi connectivity index (χ1) is 6.09. The predicted molar refractivity (Wildman–Crippen MR) is 44.4 cm³/mol. The second kappa shape index (κ2) is 2.47. The van der Waals surface area contributed by atoms with Gasteiger partial charge in [-0.05, 0) is 6.07 Å². The van der Waals surface area contributed by atoms with Crippen LogP contribution in [0.4, 0.5) is 5.69 Å². The minimum Gasteiger partial charge on any atom is -0.870 e. The van der Waals surface area contributed by atoms with Crippen LogP contribution in [0.15, 0.2) is 12.1 Å². The molecule has 0 aromatic heterocycles. The average Bonchev–Trinajstić information content (AvgIpc) is 2.31. The fraction of sp³-hybridized carbons (Fsp3) is 0.222. The van der Waals surface area contributed by atoms with Crippen LogP contribution in [-0.4, -0.2) is 28.1 Å². The molecule has 2 rings (SSSR count). The SMILES string of the molecule is C[N+]1=CC(O)c2cc(O)c([O-])cc21. The van der Waals surface area contributed by atoms with Crippen LogP contribution in [0.25, 0.3) is 0 Å². The van der Waals surface area contributed by atoms with E-state index in [4.69, 9.17) is 5.11 Å². The molecule has 0 saturated heterocycles. The number of phenols is 1. The van der Waals surface area contributed by atoms with Crippen LogP contribution in [-0.2, 0) is 0 Å². The monoisotopic (exact) mass is 179 g/mol. The number of aliphatic hydroxyl groups excluding tert-OH is 1. The number of hydrogen-bond acceptors (Lipinski definition) is 3. The molecule has 68 valence electrons. The highest BCUT2D eigenvalue weighted by atomic mass is 16.3. The van der Waals surface area contributed by atoms with Crippen molar-refractivity contribution in [2.45, 2.75) is 6.10 Å². The van der Waals surface area contributed by atoms with Crippen molar-refractivity contribution in [2.75, 3.05) is 7.05 Å². The number of aliphatic hydroxyl groups is 1. The van der Waals surface area contributed by atoms with E-state index >= 15 is 0 Å². The van der Waals surface area contributed by atoms with E-state index in [0.717, 1.165) is 0 Å². The second-order valence-corrected chi connectivity index (χ2v) is 3.08. The Kier molecular flexibility index (Phi) is 1.53. The van der Waals surface area contributed by atoms with Gasteiger partial charge >= 0.3 is 0 Å². The normalized spacial score (nSPS) is 19.8. The third-order valence-electron chi connectivity index (χ3n) is 2.17. The average molecular weight is 179 g/mol. The third kappa shape index (κ3) is 1.07. The standard InChI is InChI=1S/C9H9NO3/c1-10-4-9(13)5-2-7(11)8(12)3-6(5)10/h2-4,9,13H,1H3,(H-,11,12). The molecule has 1 aliphatic heterocycles. The van der Waals surface area contributed by atoms with E-state index in [1.807, 2.05) is 0 Å². The van der Waals surface area contributed by atoms with Gasteiger partial charge in [-0.2, -0.15) is 0 Å². The number of benzene rings is 1. The van der Waals surface area contributed by atoms with Gasteiger partial charge in [0.15, 0.2) is 12.3 Å². The van der Waals surface area contributed by atoms with Gasteiger partial charge in [-0.3, -0.25) is 0 Å². The van der Waals surface area contributed by atoms with E-state index in [1.54, 1.807) is 17.8 Å². The van der Waals surface area contributed by atoms with Gasteiger partial charge < -0.3 is 15.3 Å². The molecule has 0 fully saturated rings. The summed E-state index contributed by atoms with van der Waals surface area (Å²) >= 11 is 0. The van der Waals surface area contributed by atoms with Gasteiger partial charge in [0, 0.05) is 6.07 Å². The molecule has 4 nitrogen and oxygen atoms in total. The fourth-order valence-corrected chi connectivity index (χ4v) is 1.49. The largest absolute Gasteiger partial charge is 0.870 e. The highest BCUT2D eigenvalue weighted by Gasteiger charge is 2.27. The van der Waals surface area contributed by atoms with Crippen molar-refractivity contribution in [2.24, 2.45) is 0 Å². The van der Waals surface area contributed by atoms with Gasteiger partial charge in [-0.15, -0.1) is 0 Å². The lowest BCUT2D eigenvalue weighted by Gasteiger charge is -2.09. The summed E-state index contributed by atoms with van der Waals surface area (Å²) < 4.78 is 1.67. The molecule has 1 unspecified atom stereocenters. The van der Waals surface area contributed by atoms with Crippen molar-refractivity contribution in [1.29, 1.82) is 0 Å². The summed E-state index contributed by atoms with van der Waals surface area (Å²) in [5, 5.41) is 29.6. The van der Waals surface area contributed by atoms with Crippen molar-refractivity contribution in [3.63, 3.8) is 0 Å². The highest BCUT2D eigenvalue weighted by molar-refractivity contribution is 5.72. The number of phenolic OH excluding ortho intramolecular Hbond substituents is 1. The van der Waals surface area contributed by atoms with Gasteiger partial charge in [0.1, 0.15) is 12.8 Å². The maximum Gasteiger partial charge on any atom is 0.210 e. The summed E-state index contributed by atoms with van der Waals surface area (Å²) in [6.07, 6.45) is 0.843. The van der Waals surface area contributed by atoms with Gasteiger partial charge in [0.05, 0.1) is 5.56 Å². The topological polar surface area (TPSA) is 66.5 Å². The zero-order valence-corrected chi connectivity index (χ0v) is 7.06. The number of fused-ring (bicyclic) bond motifs is 1. The molecule has 0 spiro atoms. The lowest BCUT2D eigenvalue weighted by molar-refractivity contribution is -0.398. The predicted octanol–water partition coefficient (Wildman–Crippen LogP) is -0.143. The molecule has 0 saturated carbocycles. The van der Waals surface area contributed by atoms with E-state index in [0.29, 0.717) is 11.3 Å². The minimum absolute atomic E-state index is 0.318. The van der Waals surface area contributed by atoms with E-state index in [9.17, 15) is 10.2 Å². The Hall–Kier alpha value is -1.55. The smallest absolute Gasteiger partial charge is 0.210 e. The number of aromatic hydroxyl groups is 1. The molecule has 1 aromatic carbocycles. The molecule has 1 aliphatic rings. The summed E-state index contributed by atoms with van der Waals surface area (Å²) in [5.74, 6) is -0.741. The van der Waals surface area contributed by atoms with E-state index in [-0.39, 0.29) is 5.75 Å². The first-order valence-corrected chi connectivity index (χ1v) is 3.89. The van der Waals surface area contributed by atoms with Crippen LogP contribution in [0.1, 0.15) is 11.7 Å². The molecule has 0 aliphatic carbocycles. The molecular formula is C9H9NO3. The third-order valence-corrected chi connectivity index (χ3v) is 2.17. The molecule has 4 heteroatoms. The van der Waals surface area contributed by atoms with Crippen LogP contribution >= 0.6 is 0 Å². The molecule has 2 N–H and O–H groups in total. The van der Waals surface area contributed by atoms with Crippen LogP contribution in [0.2, 0.25) is 0 Å². The summed E-state index contributed by atoms with van der Waals surface area (Å²) in [4.78, 5) is 0. The number of rotatable bonds is 0. The Balaban J connectivity index is 2.65. The molecule has 1 atom stereocenters. The highest BCUT2D eigenvalue weighted by Crippen LogP contribution is 2.36. The van der Waals surface area contributed by atoms with Gasteiger partial charge in [0.2, 0.25) is 5.69 Å². The lowest BCUT2D eigenvalue weighted by Crippen LogP contribution is -1.95. The Morgan fingerprint density at radius 3 is 2.85 bits per heavy atom. The zero-order chi connectivity index (χ0) is 9.59. The van der Waals surface area contributed by atoms with Crippen LogP contribution in [0.3, 0.4) is 0 Å². The Morgan fingerprint density at radius 2 is 2.15 bits per heavy atom. The maximum atomic E-state index is 11.1. The van der Waals surface area contributed by atoms with Crippen molar-refractivity contribution >= 4 is 11.9 Å². The molecule has 0 radical (unpaired) electrons.